The average Bonchev–Trinajstić information content (AvgIpc) is 3.03. The first kappa shape index (κ1) is 20.4. The largest absolute Gasteiger partial charge is 0.512 e. The van der Waals surface area contributed by atoms with Crippen LogP contribution in [0.15, 0.2) is 60.9 Å². The van der Waals surface area contributed by atoms with Crippen molar-refractivity contribution in [2.24, 2.45) is 0 Å². The quantitative estimate of drug-likeness (QED) is 0.576. The minimum Gasteiger partial charge on any atom is -0.512 e. The summed E-state index contributed by atoms with van der Waals surface area (Å²) in [6.45, 7) is 15.6. The van der Waals surface area contributed by atoms with Crippen molar-refractivity contribution < 1.29 is 9.90 Å². The number of fused-ring (bicyclic) bond motifs is 1. The molecule has 2 aromatic carbocycles. The highest BCUT2D eigenvalue weighted by atomic mass is 16.3. The maximum Gasteiger partial charge on any atom is 0.167 e. The average molecular weight is 399 g/mol. The van der Waals surface area contributed by atoms with Gasteiger partial charge >= 0.3 is 0 Å². The number of Topliss-reactive ketones (excluding diaryl/α,β-unsaturated/α-hetero) is 1. The lowest BCUT2D eigenvalue weighted by atomic mass is 9.67. The molecular formula is C28H30O2. The van der Waals surface area contributed by atoms with Gasteiger partial charge in [0.2, 0.25) is 0 Å². The van der Waals surface area contributed by atoms with Gasteiger partial charge in [-0.25, -0.2) is 0 Å². The Morgan fingerprint density at radius 1 is 0.933 bits per heavy atom. The number of carbonyl (C=O) groups is 1. The van der Waals surface area contributed by atoms with E-state index in [0.29, 0.717) is 18.4 Å². The molecule has 4 rings (SSSR count). The first-order valence-corrected chi connectivity index (χ1v) is 10.6. The van der Waals surface area contributed by atoms with Crippen molar-refractivity contribution in [2.75, 3.05) is 0 Å². The second-order valence-corrected chi connectivity index (χ2v) is 9.79. The van der Waals surface area contributed by atoms with E-state index in [1.165, 1.54) is 16.7 Å². The normalized spacial score (nSPS) is 19.2. The summed E-state index contributed by atoms with van der Waals surface area (Å²) in [6.07, 6.45) is 5.46. The highest BCUT2D eigenvalue weighted by molar-refractivity contribution is 6.23. The Balaban J connectivity index is 1.73. The Labute approximate surface area is 179 Å². The summed E-state index contributed by atoms with van der Waals surface area (Å²) in [4.78, 5) is 12.1. The Kier molecular flexibility index (Phi) is 4.65. The molecule has 30 heavy (non-hydrogen) atoms. The summed E-state index contributed by atoms with van der Waals surface area (Å²) in [7, 11) is 0. The van der Waals surface area contributed by atoms with Crippen LogP contribution in [0.1, 0.15) is 73.9 Å². The SMILES string of the molecule is C=C(c1ccc(C2=C(O)CCC2=O)cc1)c1cc2c(cc1C)C(C)(C)C=CC2(C)C. The van der Waals surface area contributed by atoms with Crippen LogP contribution >= 0.6 is 0 Å². The second kappa shape index (κ2) is 6.84. The maximum atomic E-state index is 12.1. The summed E-state index contributed by atoms with van der Waals surface area (Å²) >= 11 is 0. The molecule has 2 aliphatic carbocycles. The first-order chi connectivity index (χ1) is 14.0. The fourth-order valence-electron chi connectivity index (χ4n) is 4.66. The molecule has 2 heteroatoms. The number of aryl methyl sites for hydroxylation is 1. The van der Waals surface area contributed by atoms with Crippen molar-refractivity contribution in [2.45, 2.75) is 58.3 Å². The lowest BCUT2D eigenvalue weighted by molar-refractivity contribution is -0.113. The molecular weight excluding hydrogens is 368 g/mol. The standard InChI is InChI=1S/C28H30O2/c1-17-15-22-23(28(5,6)14-13-27(22,3)4)16-21(17)18(2)19-7-9-20(10-8-19)26-24(29)11-12-25(26)30/h7-10,13-16,29H,2,11-12H2,1,3-6H3. The van der Waals surface area contributed by atoms with Crippen molar-refractivity contribution in [1.29, 1.82) is 0 Å². The third kappa shape index (κ3) is 3.25. The van der Waals surface area contributed by atoms with Crippen LogP contribution in [0.5, 0.6) is 0 Å². The lowest BCUT2D eigenvalue weighted by Crippen LogP contribution is -2.29. The van der Waals surface area contributed by atoms with Gasteiger partial charge in [-0.05, 0) is 51.9 Å². The van der Waals surface area contributed by atoms with E-state index in [-0.39, 0.29) is 22.4 Å². The number of rotatable bonds is 3. The summed E-state index contributed by atoms with van der Waals surface area (Å²) in [5.74, 6) is 0.220. The van der Waals surface area contributed by atoms with Crippen LogP contribution in [-0.2, 0) is 15.6 Å². The van der Waals surface area contributed by atoms with Gasteiger partial charge in [0.1, 0.15) is 5.76 Å². The molecule has 0 fully saturated rings. The van der Waals surface area contributed by atoms with E-state index in [9.17, 15) is 9.90 Å². The molecule has 0 radical (unpaired) electrons. The third-order valence-electron chi connectivity index (χ3n) is 6.67. The fraction of sp³-hybridized carbons (Fsp3) is 0.321. The molecule has 0 aromatic heterocycles. The van der Waals surface area contributed by atoms with Crippen LogP contribution in [-0.4, -0.2) is 10.9 Å². The van der Waals surface area contributed by atoms with Gasteiger partial charge in [0.25, 0.3) is 0 Å². The smallest absolute Gasteiger partial charge is 0.167 e. The molecule has 0 unspecified atom stereocenters. The number of ketones is 1. The highest BCUT2D eigenvalue weighted by Crippen LogP contribution is 2.43. The first-order valence-electron chi connectivity index (χ1n) is 10.6. The Morgan fingerprint density at radius 2 is 1.50 bits per heavy atom. The van der Waals surface area contributed by atoms with Crippen molar-refractivity contribution in [3.05, 3.63) is 94.3 Å². The third-order valence-corrected chi connectivity index (χ3v) is 6.67. The van der Waals surface area contributed by atoms with Gasteiger partial charge in [0, 0.05) is 23.7 Å². The van der Waals surface area contributed by atoms with Crippen molar-refractivity contribution in [1.82, 2.24) is 0 Å². The highest BCUT2D eigenvalue weighted by Gasteiger charge is 2.33. The van der Waals surface area contributed by atoms with E-state index in [1.54, 1.807) is 0 Å². The van der Waals surface area contributed by atoms with Gasteiger partial charge in [0.05, 0.1) is 5.57 Å². The monoisotopic (exact) mass is 398 g/mol. The molecule has 154 valence electrons. The molecule has 0 aliphatic heterocycles. The predicted molar refractivity (Wildman–Crippen MR) is 125 cm³/mol. The number of allylic oxidation sites excluding steroid dienone is 4. The molecule has 0 heterocycles. The van der Waals surface area contributed by atoms with E-state index in [0.717, 1.165) is 22.3 Å². The van der Waals surface area contributed by atoms with E-state index in [4.69, 9.17) is 0 Å². The number of benzene rings is 2. The van der Waals surface area contributed by atoms with E-state index in [1.807, 2.05) is 24.3 Å². The molecule has 0 saturated heterocycles. The number of hydrogen-bond acceptors (Lipinski definition) is 2. The fourth-order valence-corrected chi connectivity index (χ4v) is 4.66. The van der Waals surface area contributed by atoms with Gasteiger partial charge in [-0.1, -0.05) is 76.8 Å². The predicted octanol–water partition coefficient (Wildman–Crippen LogP) is 6.81. The Bertz CT molecular complexity index is 1120. The summed E-state index contributed by atoms with van der Waals surface area (Å²) in [6, 6.07) is 12.4. The van der Waals surface area contributed by atoms with Crippen LogP contribution < -0.4 is 0 Å². The molecule has 2 aromatic rings. The lowest BCUT2D eigenvalue weighted by Gasteiger charge is -2.37. The number of carbonyl (C=O) groups excluding carboxylic acids is 1. The number of aliphatic hydroxyl groups is 1. The number of aliphatic hydroxyl groups excluding tert-OH is 1. The minimum absolute atomic E-state index is 0.0146. The molecule has 0 bridgehead atoms. The Morgan fingerprint density at radius 3 is 2.03 bits per heavy atom. The zero-order valence-electron chi connectivity index (χ0n) is 18.6. The molecule has 0 atom stereocenters. The molecule has 2 nitrogen and oxygen atoms in total. The zero-order valence-corrected chi connectivity index (χ0v) is 18.6. The maximum absolute atomic E-state index is 12.1. The van der Waals surface area contributed by atoms with Crippen molar-refractivity contribution in [3.63, 3.8) is 0 Å². The van der Waals surface area contributed by atoms with Gasteiger partial charge in [-0.15, -0.1) is 0 Å². The van der Waals surface area contributed by atoms with E-state index in [2.05, 4.69) is 65.5 Å². The Hall–Kier alpha value is -2.87. The molecule has 0 saturated carbocycles. The van der Waals surface area contributed by atoms with E-state index < -0.39 is 0 Å². The summed E-state index contributed by atoms with van der Waals surface area (Å²) in [5, 5.41) is 10.0. The van der Waals surface area contributed by atoms with Gasteiger partial charge in [0.15, 0.2) is 5.78 Å². The molecule has 0 amide bonds. The molecule has 0 spiro atoms. The van der Waals surface area contributed by atoms with Gasteiger partial charge in [-0.2, -0.15) is 0 Å². The van der Waals surface area contributed by atoms with Crippen molar-refractivity contribution >= 4 is 16.9 Å². The van der Waals surface area contributed by atoms with E-state index >= 15 is 0 Å². The summed E-state index contributed by atoms with van der Waals surface area (Å²) < 4.78 is 0. The second-order valence-electron chi connectivity index (χ2n) is 9.79. The molecule has 1 N–H and O–H groups in total. The minimum atomic E-state index is -0.0235. The van der Waals surface area contributed by atoms with Crippen LogP contribution in [0.2, 0.25) is 0 Å². The topological polar surface area (TPSA) is 37.3 Å². The van der Waals surface area contributed by atoms with Crippen LogP contribution in [0.25, 0.3) is 11.1 Å². The number of hydrogen-bond donors (Lipinski definition) is 1. The zero-order chi connectivity index (χ0) is 21.8. The van der Waals surface area contributed by atoms with Gasteiger partial charge in [-0.3, -0.25) is 4.79 Å². The van der Waals surface area contributed by atoms with Crippen LogP contribution in [0.3, 0.4) is 0 Å². The summed E-state index contributed by atoms with van der Waals surface area (Å²) in [5.41, 5.74) is 8.33. The van der Waals surface area contributed by atoms with Crippen LogP contribution in [0, 0.1) is 6.92 Å². The van der Waals surface area contributed by atoms with Crippen molar-refractivity contribution in [3.8, 4) is 0 Å². The van der Waals surface area contributed by atoms with Gasteiger partial charge < -0.3 is 5.11 Å². The molecule has 2 aliphatic rings. The van der Waals surface area contributed by atoms with Crippen LogP contribution in [0.4, 0.5) is 0 Å².